The summed E-state index contributed by atoms with van der Waals surface area (Å²) >= 11 is 0. The summed E-state index contributed by atoms with van der Waals surface area (Å²) in [5, 5.41) is 39.3. The van der Waals surface area contributed by atoms with Gasteiger partial charge in [-0.25, -0.2) is 0 Å². The van der Waals surface area contributed by atoms with Crippen LogP contribution in [0.1, 0.15) is 30.6 Å². The van der Waals surface area contributed by atoms with Crippen LogP contribution in [0.15, 0.2) is 18.2 Å². The number of nitrogens with two attached hydrogens (primary N) is 1. The van der Waals surface area contributed by atoms with Crippen molar-refractivity contribution < 1.29 is 39.3 Å². The number of aliphatic hydroxyl groups is 2. The van der Waals surface area contributed by atoms with Gasteiger partial charge in [0.05, 0.1) is 36.9 Å². The van der Waals surface area contributed by atoms with E-state index in [1.807, 2.05) is 0 Å². The maximum absolute atomic E-state index is 13.1. The standard InChI is InChI=1S/C21H29N5O8/c1-9-18(31)15(26-21(34)13(22)8-27)6-16(29)12-4-3-11(28)5-14(12)25-20(33)10(2)24-17(30)7-23-19(9)32/h3-5,9-10,13,15,18,27-28,31H,6-8,22H2,1-2H3,(H,23,32)(H,24,30)(H,25,33)(H,26,34). The van der Waals surface area contributed by atoms with Crippen molar-refractivity contribution in [1.29, 1.82) is 0 Å². The predicted molar refractivity (Wildman–Crippen MR) is 118 cm³/mol. The maximum atomic E-state index is 13.1. The summed E-state index contributed by atoms with van der Waals surface area (Å²) in [7, 11) is 0. The summed E-state index contributed by atoms with van der Waals surface area (Å²) in [6.07, 6.45) is -2.09. The number of fused-ring (bicyclic) bond motifs is 1. The lowest BCUT2D eigenvalue weighted by Crippen LogP contribution is -2.55. The Balaban J connectivity index is 2.48. The van der Waals surface area contributed by atoms with Crippen LogP contribution in [-0.2, 0) is 19.2 Å². The van der Waals surface area contributed by atoms with Gasteiger partial charge < -0.3 is 42.3 Å². The first-order valence-electron chi connectivity index (χ1n) is 10.5. The van der Waals surface area contributed by atoms with Crippen molar-refractivity contribution in [2.45, 2.75) is 44.5 Å². The minimum Gasteiger partial charge on any atom is -0.508 e. The zero-order valence-corrected chi connectivity index (χ0v) is 18.7. The minimum absolute atomic E-state index is 0.0467. The van der Waals surface area contributed by atoms with Gasteiger partial charge in [-0.2, -0.15) is 0 Å². The molecule has 34 heavy (non-hydrogen) atoms. The average Bonchev–Trinajstić information content (AvgIpc) is 2.79. The fraction of sp³-hybridized carbons (Fsp3) is 0.476. The molecular formula is C21H29N5O8. The number of carbonyl (C=O) groups excluding carboxylic acids is 5. The highest BCUT2D eigenvalue weighted by Crippen LogP contribution is 2.25. The van der Waals surface area contributed by atoms with E-state index in [0.717, 1.165) is 6.07 Å². The number of rotatable bonds is 3. The first kappa shape index (κ1) is 26.7. The van der Waals surface area contributed by atoms with Crippen molar-refractivity contribution in [3.05, 3.63) is 23.8 Å². The lowest BCUT2D eigenvalue weighted by molar-refractivity contribution is -0.133. The summed E-state index contributed by atoms with van der Waals surface area (Å²) in [4.78, 5) is 62.5. The molecule has 0 aliphatic carbocycles. The van der Waals surface area contributed by atoms with Crippen LogP contribution in [0.4, 0.5) is 5.69 Å². The predicted octanol–water partition coefficient (Wildman–Crippen LogP) is -2.66. The molecule has 5 unspecified atom stereocenters. The van der Waals surface area contributed by atoms with Gasteiger partial charge in [0.25, 0.3) is 0 Å². The van der Waals surface area contributed by atoms with E-state index in [4.69, 9.17) is 10.8 Å². The molecule has 1 aromatic rings. The third-order valence-electron chi connectivity index (χ3n) is 5.36. The molecule has 2 rings (SSSR count). The van der Waals surface area contributed by atoms with E-state index >= 15 is 0 Å². The van der Waals surface area contributed by atoms with Gasteiger partial charge in [0.2, 0.25) is 23.6 Å². The molecule has 13 nitrogen and oxygen atoms in total. The van der Waals surface area contributed by atoms with Gasteiger partial charge in [0.1, 0.15) is 17.8 Å². The van der Waals surface area contributed by atoms with Gasteiger partial charge in [0, 0.05) is 18.1 Å². The number of Topliss-reactive ketones (excluding diaryl/α,β-unsaturated/α-hetero) is 1. The van der Waals surface area contributed by atoms with E-state index in [1.54, 1.807) is 0 Å². The van der Waals surface area contributed by atoms with Crippen molar-refractivity contribution in [2.75, 3.05) is 18.5 Å². The van der Waals surface area contributed by atoms with Crippen molar-refractivity contribution >= 4 is 35.1 Å². The number of phenols is 1. The van der Waals surface area contributed by atoms with Crippen molar-refractivity contribution in [1.82, 2.24) is 16.0 Å². The van der Waals surface area contributed by atoms with Gasteiger partial charge >= 0.3 is 0 Å². The van der Waals surface area contributed by atoms with E-state index in [0.29, 0.717) is 0 Å². The number of benzene rings is 1. The molecule has 0 bridgehead atoms. The van der Waals surface area contributed by atoms with E-state index in [1.165, 1.54) is 26.0 Å². The molecule has 0 aromatic heterocycles. The summed E-state index contributed by atoms with van der Waals surface area (Å²) in [5.74, 6) is -5.03. The third-order valence-corrected chi connectivity index (χ3v) is 5.36. The van der Waals surface area contributed by atoms with Crippen LogP contribution >= 0.6 is 0 Å². The van der Waals surface area contributed by atoms with Crippen LogP contribution in [0, 0.1) is 5.92 Å². The Morgan fingerprint density at radius 2 is 1.88 bits per heavy atom. The molecule has 0 radical (unpaired) electrons. The van der Waals surface area contributed by atoms with Crippen molar-refractivity contribution in [2.24, 2.45) is 11.7 Å². The molecule has 1 heterocycles. The quantitative estimate of drug-likeness (QED) is 0.226. The van der Waals surface area contributed by atoms with Gasteiger partial charge in [-0.15, -0.1) is 0 Å². The topological polar surface area (TPSA) is 220 Å². The van der Waals surface area contributed by atoms with Crippen molar-refractivity contribution in [3.63, 3.8) is 0 Å². The molecule has 1 aromatic carbocycles. The molecule has 1 aliphatic rings. The van der Waals surface area contributed by atoms with Crippen LogP contribution < -0.4 is 27.0 Å². The lowest BCUT2D eigenvalue weighted by atomic mass is 9.91. The highest BCUT2D eigenvalue weighted by molar-refractivity contribution is 6.07. The molecule has 1 aliphatic heterocycles. The van der Waals surface area contributed by atoms with Crippen LogP contribution in [0.2, 0.25) is 0 Å². The molecule has 4 amide bonds. The van der Waals surface area contributed by atoms with Crippen LogP contribution in [0.3, 0.4) is 0 Å². The molecule has 9 N–H and O–H groups in total. The largest absolute Gasteiger partial charge is 0.508 e. The number of hydrogen-bond donors (Lipinski definition) is 8. The first-order chi connectivity index (χ1) is 15.9. The highest BCUT2D eigenvalue weighted by Gasteiger charge is 2.34. The number of ketones is 1. The number of amides is 4. The Bertz CT molecular complexity index is 968. The third kappa shape index (κ3) is 6.73. The Labute approximate surface area is 195 Å². The van der Waals surface area contributed by atoms with Crippen LogP contribution in [0.25, 0.3) is 0 Å². The zero-order valence-electron chi connectivity index (χ0n) is 18.7. The van der Waals surface area contributed by atoms with Gasteiger partial charge in [-0.1, -0.05) is 6.92 Å². The van der Waals surface area contributed by atoms with Crippen LogP contribution in [0.5, 0.6) is 5.75 Å². The number of carbonyl (C=O) groups is 5. The lowest BCUT2D eigenvalue weighted by Gasteiger charge is -2.28. The number of phenolic OH excluding ortho intramolecular Hbond substituents is 1. The first-order valence-corrected chi connectivity index (χ1v) is 10.5. The summed E-state index contributed by atoms with van der Waals surface area (Å²) in [6.45, 7) is 1.54. The summed E-state index contributed by atoms with van der Waals surface area (Å²) in [5.41, 5.74) is 5.41. The fourth-order valence-electron chi connectivity index (χ4n) is 3.25. The zero-order chi connectivity index (χ0) is 25.6. The number of aromatic hydroxyl groups is 1. The smallest absolute Gasteiger partial charge is 0.246 e. The van der Waals surface area contributed by atoms with Gasteiger partial charge in [0.15, 0.2) is 5.78 Å². The maximum Gasteiger partial charge on any atom is 0.246 e. The Morgan fingerprint density at radius 3 is 2.53 bits per heavy atom. The summed E-state index contributed by atoms with van der Waals surface area (Å²) in [6, 6.07) is -0.100. The van der Waals surface area contributed by atoms with Gasteiger partial charge in [-0.3, -0.25) is 24.0 Å². The second kappa shape index (κ2) is 11.5. The van der Waals surface area contributed by atoms with Crippen LogP contribution in [-0.4, -0.2) is 82.1 Å². The van der Waals surface area contributed by atoms with Crippen molar-refractivity contribution in [3.8, 4) is 5.75 Å². The number of anilines is 1. The fourth-order valence-corrected chi connectivity index (χ4v) is 3.25. The Morgan fingerprint density at radius 1 is 1.21 bits per heavy atom. The second-order valence-electron chi connectivity index (χ2n) is 8.04. The molecule has 0 fully saturated rings. The average molecular weight is 479 g/mol. The molecular weight excluding hydrogens is 450 g/mol. The summed E-state index contributed by atoms with van der Waals surface area (Å²) < 4.78 is 0. The normalized spacial score (nSPS) is 25.6. The molecule has 0 spiro atoms. The Kier molecular flexibility index (Phi) is 9.06. The minimum atomic E-state index is -1.58. The molecule has 0 saturated heterocycles. The molecule has 5 atom stereocenters. The molecule has 13 heteroatoms. The van der Waals surface area contributed by atoms with E-state index in [2.05, 4.69) is 21.3 Å². The number of nitrogens with one attached hydrogen (secondary N) is 4. The monoisotopic (exact) mass is 479 g/mol. The van der Waals surface area contributed by atoms with E-state index in [-0.39, 0.29) is 17.0 Å². The molecule has 186 valence electrons. The highest BCUT2D eigenvalue weighted by atomic mass is 16.3. The van der Waals surface area contributed by atoms with E-state index in [9.17, 15) is 34.2 Å². The second-order valence-corrected chi connectivity index (χ2v) is 8.04. The molecule has 0 saturated carbocycles. The van der Waals surface area contributed by atoms with E-state index < -0.39 is 79.1 Å². The number of aliphatic hydroxyl groups excluding tert-OH is 2. The number of hydrogen-bond acceptors (Lipinski definition) is 9. The van der Waals surface area contributed by atoms with Gasteiger partial charge in [-0.05, 0) is 19.1 Å². The Hall–Kier alpha value is -3.55. The SMILES string of the molecule is CC1NC(=O)CNC(=O)C(C)C(O)C(NC(=O)C(N)CO)CC(=O)c2ccc(O)cc2NC1=O.